The molecule has 5 heteroatoms. The fraction of sp³-hybridized carbons (Fsp3) is 0.286. The SMILES string of the molecule is Cc1ccc(S(C)(=O)=O)nc1Br. The number of aryl methyl sites for hydroxylation is 1. The lowest BCUT2D eigenvalue weighted by Gasteiger charge is -1.99. The van der Waals surface area contributed by atoms with Gasteiger partial charge in [-0.25, -0.2) is 13.4 Å². The standard InChI is InChI=1S/C7H8BrNO2S/c1-5-3-4-6(9-7(5)8)12(2,10)11/h3-4H,1-2H3. The summed E-state index contributed by atoms with van der Waals surface area (Å²) in [5, 5.41) is 0.0972. The molecule has 66 valence electrons. The number of hydrogen-bond donors (Lipinski definition) is 0. The molecule has 0 fully saturated rings. The molecule has 0 bridgehead atoms. The van der Waals surface area contributed by atoms with Crippen molar-refractivity contribution >= 4 is 25.8 Å². The largest absolute Gasteiger partial charge is 0.229 e. The van der Waals surface area contributed by atoms with Crippen molar-refractivity contribution in [3.05, 3.63) is 22.3 Å². The number of nitrogens with zero attached hydrogens (tertiary/aromatic N) is 1. The molecule has 1 rings (SSSR count). The Bertz CT molecular complexity index is 400. The Morgan fingerprint density at radius 1 is 1.42 bits per heavy atom. The molecule has 3 nitrogen and oxygen atoms in total. The van der Waals surface area contributed by atoms with Crippen molar-refractivity contribution in [3.8, 4) is 0 Å². The Kier molecular flexibility index (Phi) is 2.53. The molecule has 0 amide bonds. The molecule has 12 heavy (non-hydrogen) atoms. The zero-order valence-corrected chi connectivity index (χ0v) is 9.11. The normalized spacial score (nSPS) is 11.6. The van der Waals surface area contributed by atoms with Crippen LogP contribution in [0.2, 0.25) is 0 Å². The Morgan fingerprint density at radius 3 is 2.42 bits per heavy atom. The highest BCUT2D eigenvalue weighted by atomic mass is 79.9. The smallest absolute Gasteiger partial charge is 0.192 e. The van der Waals surface area contributed by atoms with Crippen LogP contribution >= 0.6 is 15.9 Å². The summed E-state index contributed by atoms with van der Waals surface area (Å²) >= 11 is 3.16. The molecule has 0 atom stereocenters. The van der Waals surface area contributed by atoms with Crippen LogP contribution in [0.5, 0.6) is 0 Å². The van der Waals surface area contributed by atoms with E-state index in [2.05, 4.69) is 20.9 Å². The van der Waals surface area contributed by atoms with Gasteiger partial charge in [-0.05, 0) is 34.5 Å². The van der Waals surface area contributed by atoms with E-state index in [1.54, 1.807) is 6.07 Å². The summed E-state index contributed by atoms with van der Waals surface area (Å²) in [6.07, 6.45) is 1.14. The maximum absolute atomic E-state index is 11.0. The van der Waals surface area contributed by atoms with E-state index in [-0.39, 0.29) is 5.03 Å². The van der Waals surface area contributed by atoms with Crippen LogP contribution in [0, 0.1) is 6.92 Å². The van der Waals surface area contributed by atoms with Crippen molar-refractivity contribution < 1.29 is 8.42 Å². The molecular formula is C7H8BrNO2S. The molecule has 0 saturated carbocycles. The minimum absolute atomic E-state index is 0.0972. The fourth-order valence-corrected chi connectivity index (χ4v) is 1.71. The van der Waals surface area contributed by atoms with E-state index >= 15 is 0 Å². The number of pyridine rings is 1. The Morgan fingerprint density at radius 2 is 2.00 bits per heavy atom. The minimum Gasteiger partial charge on any atom is -0.229 e. The second kappa shape index (κ2) is 3.14. The lowest BCUT2D eigenvalue weighted by Crippen LogP contribution is -2.00. The molecule has 0 N–H and O–H groups in total. The van der Waals surface area contributed by atoms with Gasteiger partial charge in [0.25, 0.3) is 0 Å². The van der Waals surface area contributed by atoms with Crippen molar-refractivity contribution in [2.24, 2.45) is 0 Å². The van der Waals surface area contributed by atoms with E-state index in [0.29, 0.717) is 4.60 Å². The second-order valence-corrected chi connectivity index (χ2v) is 5.24. The van der Waals surface area contributed by atoms with Crippen molar-refractivity contribution in [1.29, 1.82) is 0 Å². The summed E-state index contributed by atoms with van der Waals surface area (Å²) < 4.78 is 22.6. The topological polar surface area (TPSA) is 47.0 Å². The third-order valence-electron chi connectivity index (χ3n) is 1.39. The van der Waals surface area contributed by atoms with E-state index in [1.807, 2.05) is 6.92 Å². The summed E-state index contributed by atoms with van der Waals surface area (Å²) in [7, 11) is -3.18. The third-order valence-corrected chi connectivity index (χ3v) is 3.18. The van der Waals surface area contributed by atoms with Gasteiger partial charge in [-0.1, -0.05) is 6.07 Å². The van der Waals surface area contributed by atoms with Gasteiger partial charge in [-0.15, -0.1) is 0 Å². The van der Waals surface area contributed by atoms with Crippen LogP contribution in [0.1, 0.15) is 5.56 Å². The Labute approximate surface area is 79.9 Å². The van der Waals surface area contributed by atoms with Crippen LogP contribution in [0.4, 0.5) is 0 Å². The number of rotatable bonds is 1. The highest BCUT2D eigenvalue weighted by Gasteiger charge is 2.09. The van der Waals surface area contributed by atoms with Gasteiger partial charge in [0.15, 0.2) is 14.9 Å². The first-order valence-corrected chi connectivity index (χ1v) is 5.93. The fourth-order valence-electron chi connectivity index (χ4n) is 0.694. The predicted molar refractivity (Wildman–Crippen MR) is 49.8 cm³/mol. The number of sulfone groups is 1. The van der Waals surface area contributed by atoms with E-state index in [9.17, 15) is 8.42 Å². The maximum atomic E-state index is 11.0. The average molecular weight is 250 g/mol. The third kappa shape index (κ3) is 2.04. The quantitative estimate of drug-likeness (QED) is 0.710. The molecule has 0 unspecified atom stereocenters. The number of halogens is 1. The molecule has 0 aliphatic carbocycles. The van der Waals surface area contributed by atoms with E-state index < -0.39 is 9.84 Å². The lowest BCUT2D eigenvalue weighted by atomic mass is 10.3. The molecule has 0 saturated heterocycles. The Balaban J connectivity index is 3.33. The van der Waals surface area contributed by atoms with Crippen molar-refractivity contribution in [1.82, 2.24) is 4.98 Å². The first kappa shape index (κ1) is 9.67. The van der Waals surface area contributed by atoms with Gasteiger partial charge in [0.1, 0.15) is 4.60 Å². The highest BCUT2D eigenvalue weighted by molar-refractivity contribution is 9.10. The van der Waals surface area contributed by atoms with E-state index in [0.717, 1.165) is 11.8 Å². The summed E-state index contributed by atoms with van der Waals surface area (Å²) in [6, 6.07) is 3.21. The van der Waals surface area contributed by atoms with Gasteiger partial charge in [0.05, 0.1) is 0 Å². The van der Waals surface area contributed by atoms with Crippen LogP contribution in [0.3, 0.4) is 0 Å². The molecule has 0 spiro atoms. The van der Waals surface area contributed by atoms with Gasteiger partial charge in [-0.2, -0.15) is 0 Å². The molecule has 1 aromatic rings. The summed E-state index contributed by atoms with van der Waals surface area (Å²) in [6.45, 7) is 1.85. The van der Waals surface area contributed by atoms with Crippen LogP contribution < -0.4 is 0 Å². The summed E-state index contributed by atoms with van der Waals surface area (Å²) in [5.74, 6) is 0. The Hall–Kier alpha value is -0.420. The lowest BCUT2D eigenvalue weighted by molar-refractivity contribution is 0.598. The molecular weight excluding hydrogens is 242 g/mol. The summed E-state index contributed by atoms with van der Waals surface area (Å²) in [4.78, 5) is 3.87. The zero-order valence-electron chi connectivity index (χ0n) is 6.70. The molecule has 0 radical (unpaired) electrons. The highest BCUT2D eigenvalue weighted by Crippen LogP contribution is 2.15. The van der Waals surface area contributed by atoms with Crippen LogP contribution in [-0.2, 0) is 9.84 Å². The van der Waals surface area contributed by atoms with Crippen molar-refractivity contribution in [3.63, 3.8) is 0 Å². The van der Waals surface area contributed by atoms with E-state index in [4.69, 9.17) is 0 Å². The first-order chi connectivity index (χ1) is 5.41. The number of aromatic nitrogens is 1. The molecule has 1 aromatic heterocycles. The van der Waals surface area contributed by atoms with Crippen LogP contribution in [0.15, 0.2) is 21.8 Å². The minimum atomic E-state index is -3.18. The molecule has 1 heterocycles. The first-order valence-electron chi connectivity index (χ1n) is 3.24. The summed E-state index contributed by atoms with van der Waals surface area (Å²) in [5.41, 5.74) is 0.919. The van der Waals surface area contributed by atoms with Gasteiger partial charge in [0.2, 0.25) is 0 Å². The average Bonchev–Trinajstić information content (AvgIpc) is 1.92. The van der Waals surface area contributed by atoms with Gasteiger partial charge < -0.3 is 0 Å². The second-order valence-electron chi connectivity index (χ2n) is 2.53. The molecule has 0 aliphatic heterocycles. The molecule has 0 aliphatic rings. The van der Waals surface area contributed by atoms with Crippen LogP contribution in [-0.4, -0.2) is 19.7 Å². The van der Waals surface area contributed by atoms with Gasteiger partial charge >= 0.3 is 0 Å². The van der Waals surface area contributed by atoms with Gasteiger partial charge in [0, 0.05) is 6.26 Å². The molecule has 0 aromatic carbocycles. The van der Waals surface area contributed by atoms with Crippen molar-refractivity contribution in [2.45, 2.75) is 11.9 Å². The predicted octanol–water partition coefficient (Wildman–Crippen LogP) is 1.56. The monoisotopic (exact) mass is 249 g/mol. The van der Waals surface area contributed by atoms with Crippen molar-refractivity contribution in [2.75, 3.05) is 6.26 Å². The van der Waals surface area contributed by atoms with Crippen LogP contribution in [0.25, 0.3) is 0 Å². The van der Waals surface area contributed by atoms with E-state index in [1.165, 1.54) is 6.07 Å². The number of hydrogen-bond acceptors (Lipinski definition) is 3. The maximum Gasteiger partial charge on any atom is 0.192 e. The zero-order chi connectivity index (χ0) is 9.35. The van der Waals surface area contributed by atoms with Gasteiger partial charge in [-0.3, -0.25) is 0 Å².